The van der Waals surface area contributed by atoms with Gasteiger partial charge in [0.15, 0.2) is 5.43 Å². The second-order valence-corrected chi connectivity index (χ2v) is 3.45. The van der Waals surface area contributed by atoms with Crippen LogP contribution in [0.25, 0.3) is 0 Å². The molecule has 0 amide bonds. The second-order valence-electron chi connectivity index (χ2n) is 3.45. The average Bonchev–Trinajstić information content (AvgIpc) is 2.67. The number of hydrogen-bond donors (Lipinski definition) is 1. The zero-order chi connectivity index (χ0) is 9.97. The molecule has 5 heteroatoms. The van der Waals surface area contributed by atoms with Crippen LogP contribution in [0.1, 0.15) is 19.1 Å². The standard InChI is InChI=1S/C10H13NO3.Ir/c12-7-9-1-2-10(14-9)11-5-3-8(13)4-6-11;/h3-6,9-10,12H,1-2,7H2;. The number of rotatable bonds is 2. The van der Waals surface area contributed by atoms with Crippen molar-refractivity contribution in [2.75, 3.05) is 6.61 Å². The van der Waals surface area contributed by atoms with E-state index < -0.39 is 0 Å². The zero-order valence-corrected chi connectivity index (χ0v) is 10.5. The summed E-state index contributed by atoms with van der Waals surface area (Å²) in [5.41, 5.74) is -0.00189. The van der Waals surface area contributed by atoms with Crippen molar-refractivity contribution in [3.63, 3.8) is 0 Å². The van der Waals surface area contributed by atoms with Crippen LogP contribution in [0.4, 0.5) is 0 Å². The van der Waals surface area contributed by atoms with Crippen LogP contribution in [-0.4, -0.2) is 22.4 Å². The zero-order valence-electron chi connectivity index (χ0n) is 8.13. The molecule has 1 aliphatic rings. The Bertz CT molecular complexity index is 345. The quantitative estimate of drug-likeness (QED) is 0.805. The van der Waals surface area contributed by atoms with Crippen molar-refractivity contribution < 1.29 is 29.9 Å². The first-order chi connectivity index (χ1) is 6.79. The summed E-state index contributed by atoms with van der Waals surface area (Å²) in [5, 5.41) is 8.89. The molecule has 2 unspecified atom stereocenters. The summed E-state index contributed by atoms with van der Waals surface area (Å²) in [6.07, 6.45) is 5.09. The molecule has 4 nitrogen and oxygen atoms in total. The maximum Gasteiger partial charge on any atom is 0.181 e. The molecule has 0 aliphatic carbocycles. The van der Waals surface area contributed by atoms with Crippen molar-refractivity contribution in [2.45, 2.75) is 25.2 Å². The van der Waals surface area contributed by atoms with Gasteiger partial charge in [-0.25, -0.2) is 0 Å². The van der Waals surface area contributed by atoms with Crippen molar-refractivity contribution in [3.05, 3.63) is 34.7 Å². The fourth-order valence-electron chi connectivity index (χ4n) is 1.66. The normalized spacial score (nSPS) is 24.9. The maximum atomic E-state index is 10.9. The molecule has 85 valence electrons. The molecule has 0 bridgehead atoms. The minimum Gasteiger partial charge on any atom is -0.394 e. The van der Waals surface area contributed by atoms with Gasteiger partial charge in [0.05, 0.1) is 12.7 Å². The molecular weight excluding hydrogens is 374 g/mol. The van der Waals surface area contributed by atoms with Crippen molar-refractivity contribution in [1.29, 1.82) is 0 Å². The Hall–Kier alpha value is -0.481. The second kappa shape index (κ2) is 5.56. The Balaban J connectivity index is 0.00000112. The van der Waals surface area contributed by atoms with Crippen LogP contribution in [0.15, 0.2) is 29.3 Å². The summed E-state index contributed by atoms with van der Waals surface area (Å²) < 4.78 is 7.41. The van der Waals surface area contributed by atoms with Crippen molar-refractivity contribution in [3.8, 4) is 0 Å². The Morgan fingerprint density at radius 2 is 2.07 bits per heavy atom. The summed E-state index contributed by atoms with van der Waals surface area (Å²) in [7, 11) is 0. The van der Waals surface area contributed by atoms with E-state index in [2.05, 4.69) is 0 Å². The molecule has 1 N–H and O–H groups in total. The van der Waals surface area contributed by atoms with E-state index in [-0.39, 0.29) is 44.5 Å². The number of aromatic nitrogens is 1. The summed E-state index contributed by atoms with van der Waals surface area (Å²) in [5.74, 6) is 0. The fraction of sp³-hybridized carbons (Fsp3) is 0.500. The largest absolute Gasteiger partial charge is 0.394 e. The minimum atomic E-state index is -0.0561. The van der Waals surface area contributed by atoms with Crippen LogP contribution < -0.4 is 5.43 Å². The maximum absolute atomic E-state index is 10.9. The number of aliphatic hydroxyl groups is 1. The molecule has 1 radical (unpaired) electrons. The topological polar surface area (TPSA) is 51.5 Å². The van der Waals surface area contributed by atoms with Gasteiger partial charge in [-0.15, -0.1) is 0 Å². The number of nitrogens with zero attached hydrogens (tertiary/aromatic N) is 1. The molecule has 2 atom stereocenters. The van der Waals surface area contributed by atoms with Crippen molar-refractivity contribution >= 4 is 0 Å². The SMILES string of the molecule is O=c1ccn(C2CCC(CO)O2)cc1.[Ir]. The molecule has 1 aromatic heterocycles. The van der Waals surface area contributed by atoms with Crippen LogP contribution in [0.3, 0.4) is 0 Å². The number of hydrogen-bond acceptors (Lipinski definition) is 3. The molecule has 1 fully saturated rings. The Labute approximate surface area is 101 Å². The summed E-state index contributed by atoms with van der Waals surface area (Å²) >= 11 is 0. The van der Waals surface area contributed by atoms with Crippen molar-refractivity contribution in [2.24, 2.45) is 0 Å². The van der Waals surface area contributed by atoms with E-state index >= 15 is 0 Å². The van der Waals surface area contributed by atoms with E-state index in [0.717, 1.165) is 12.8 Å². The fourth-order valence-corrected chi connectivity index (χ4v) is 1.66. The third-order valence-corrected chi connectivity index (χ3v) is 2.44. The van der Waals surface area contributed by atoms with Gasteiger partial charge in [-0.05, 0) is 12.8 Å². The van der Waals surface area contributed by atoms with E-state index in [9.17, 15) is 4.79 Å². The van der Waals surface area contributed by atoms with Crippen LogP contribution in [0.5, 0.6) is 0 Å². The van der Waals surface area contributed by atoms with Gasteiger partial charge in [0.25, 0.3) is 0 Å². The Morgan fingerprint density at radius 1 is 1.40 bits per heavy atom. The van der Waals surface area contributed by atoms with Gasteiger partial charge >= 0.3 is 0 Å². The Morgan fingerprint density at radius 3 is 2.60 bits per heavy atom. The first-order valence-electron chi connectivity index (χ1n) is 4.74. The van der Waals surface area contributed by atoms with Crippen LogP contribution in [-0.2, 0) is 24.8 Å². The van der Waals surface area contributed by atoms with Crippen molar-refractivity contribution in [1.82, 2.24) is 4.57 Å². The molecule has 1 aromatic rings. The van der Waals surface area contributed by atoms with E-state index in [0.29, 0.717) is 0 Å². The number of aliphatic hydroxyl groups excluding tert-OH is 1. The monoisotopic (exact) mass is 388 g/mol. The Kier molecular flexibility index (Phi) is 4.67. The summed E-state index contributed by atoms with van der Waals surface area (Å²) in [6.45, 7) is 0.0662. The predicted octanol–water partition coefficient (Wildman–Crippen LogP) is 0.516. The molecule has 2 heterocycles. The van der Waals surface area contributed by atoms with E-state index in [1.54, 1.807) is 12.4 Å². The summed E-state index contributed by atoms with van der Waals surface area (Å²) in [4.78, 5) is 10.9. The molecule has 0 spiro atoms. The molecule has 2 rings (SSSR count). The first-order valence-corrected chi connectivity index (χ1v) is 4.74. The van der Waals surface area contributed by atoms with Gasteiger partial charge in [0.2, 0.25) is 0 Å². The molecular formula is C10H13IrNO3. The molecule has 1 saturated heterocycles. The van der Waals surface area contributed by atoms with Crippen LogP contribution in [0.2, 0.25) is 0 Å². The average molecular weight is 387 g/mol. The van der Waals surface area contributed by atoms with Crippen LogP contribution >= 0.6 is 0 Å². The van der Waals surface area contributed by atoms with Gasteiger partial charge in [0, 0.05) is 44.6 Å². The third-order valence-electron chi connectivity index (χ3n) is 2.44. The van der Waals surface area contributed by atoms with Gasteiger partial charge in [-0.2, -0.15) is 0 Å². The molecule has 15 heavy (non-hydrogen) atoms. The van der Waals surface area contributed by atoms with Gasteiger partial charge in [-0.1, -0.05) is 0 Å². The number of pyridine rings is 1. The smallest absolute Gasteiger partial charge is 0.181 e. The minimum absolute atomic E-state index is 0. The molecule has 0 aromatic carbocycles. The van der Waals surface area contributed by atoms with Crippen LogP contribution in [0, 0.1) is 0 Å². The first kappa shape index (κ1) is 12.6. The van der Waals surface area contributed by atoms with Gasteiger partial charge in [-0.3, -0.25) is 4.79 Å². The van der Waals surface area contributed by atoms with E-state index in [1.165, 1.54) is 12.1 Å². The van der Waals surface area contributed by atoms with Gasteiger partial charge < -0.3 is 14.4 Å². The predicted molar refractivity (Wildman–Crippen MR) is 50.9 cm³/mol. The van der Waals surface area contributed by atoms with E-state index in [4.69, 9.17) is 9.84 Å². The number of ether oxygens (including phenoxy) is 1. The molecule has 0 saturated carbocycles. The molecule has 1 aliphatic heterocycles. The third kappa shape index (κ3) is 2.98. The van der Waals surface area contributed by atoms with Gasteiger partial charge in [0.1, 0.15) is 6.23 Å². The van der Waals surface area contributed by atoms with E-state index in [1.807, 2.05) is 4.57 Å². The summed E-state index contributed by atoms with van der Waals surface area (Å²) in [6, 6.07) is 3.02.